The minimum absolute atomic E-state index is 0.0717. The van der Waals surface area contributed by atoms with Crippen LogP contribution in [0, 0.1) is 28.1 Å². The minimum Gasteiger partial charge on any atom is -0.495 e. The van der Waals surface area contributed by atoms with Crippen molar-refractivity contribution in [2.24, 2.45) is 16.7 Å². The van der Waals surface area contributed by atoms with E-state index in [0.717, 1.165) is 70.0 Å². The largest absolute Gasteiger partial charge is 0.495 e. The van der Waals surface area contributed by atoms with Gasteiger partial charge in [0.15, 0.2) is 0 Å². The number of piperidine rings is 1. The van der Waals surface area contributed by atoms with Gasteiger partial charge in [0.25, 0.3) is 5.91 Å². The number of carboxylic acids is 1. The molecule has 1 aliphatic carbocycles. The van der Waals surface area contributed by atoms with Gasteiger partial charge in [0.2, 0.25) is 0 Å². The number of carbonyl (C=O) groups excluding carboxylic acids is 1. The molecule has 6 rings (SSSR count). The molecule has 2 aromatic carbocycles. The Morgan fingerprint density at radius 1 is 0.920 bits per heavy atom. The van der Waals surface area contributed by atoms with Gasteiger partial charge in [-0.05, 0) is 67.3 Å². The lowest BCUT2D eigenvalue weighted by Gasteiger charge is -2.63. The second-order valence-electron chi connectivity index (χ2n) is 15.0. The van der Waals surface area contributed by atoms with Crippen molar-refractivity contribution in [3.63, 3.8) is 0 Å². The Labute approximate surface area is 294 Å². The van der Waals surface area contributed by atoms with Crippen LogP contribution in [0.3, 0.4) is 0 Å². The molecule has 3 heterocycles. The zero-order chi connectivity index (χ0) is 35.6. The number of carboxylic acid groups (broad SMARTS) is 1. The number of hydrogen-bond acceptors (Lipinski definition) is 9. The normalized spacial score (nSPS) is 21.8. The number of carbonyl (C=O) groups is 2. The van der Waals surface area contributed by atoms with Gasteiger partial charge < -0.3 is 29.7 Å². The Balaban J connectivity index is 0.963. The summed E-state index contributed by atoms with van der Waals surface area (Å²) in [5.41, 5.74) is 2.64. The maximum atomic E-state index is 13.5. The zero-order valence-electron chi connectivity index (χ0n) is 29.7. The fraction of sp³-hybridized carbons (Fsp3) is 0.487. The molecule has 3 fully saturated rings. The van der Waals surface area contributed by atoms with Gasteiger partial charge >= 0.3 is 5.97 Å². The highest BCUT2D eigenvalue weighted by atomic mass is 16.5. The van der Waals surface area contributed by atoms with Crippen LogP contribution in [-0.2, 0) is 0 Å². The number of rotatable bonds is 10. The van der Waals surface area contributed by atoms with E-state index in [1.165, 1.54) is 7.11 Å². The van der Waals surface area contributed by atoms with Crippen LogP contribution in [0.5, 0.6) is 11.5 Å². The van der Waals surface area contributed by atoms with E-state index in [2.05, 4.69) is 70.9 Å². The second kappa shape index (κ2) is 14.2. The van der Waals surface area contributed by atoms with Crippen molar-refractivity contribution in [1.82, 2.24) is 15.2 Å². The topological polar surface area (TPSA) is 131 Å². The number of ether oxygens (including phenoxy) is 2. The highest BCUT2D eigenvalue weighted by Gasteiger charge is 2.64. The number of aromatic carboxylic acids is 1. The summed E-state index contributed by atoms with van der Waals surface area (Å²) in [6.07, 6.45) is 3.77. The predicted octanol–water partition coefficient (Wildman–Crippen LogP) is 5.31. The second-order valence-corrected chi connectivity index (χ2v) is 15.0. The summed E-state index contributed by atoms with van der Waals surface area (Å²) < 4.78 is 11.8. The summed E-state index contributed by atoms with van der Waals surface area (Å²) in [6, 6.07) is 18.7. The molecule has 0 spiro atoms. The van der Waals surface area contributed by atoms with E-state index < -0.39 is 5.97 Å². The van der Waals surface area contributed by atoms with E-state index >= 15 is 0 Å². The standard InChI is InChI=1S/C39H48N6O5/c1-38(2)36(39(3,4)37(38)50-31-12-8-28(23-40)33(22-31)49-5)42-34(46)27-6-9-29(10-7-27)44-16-14-26(15-17-44)25-43-18-20-45(21-19-43)30-11-13-32(35(47)48)41-24-30/h6-13,22,24,26,36-37H,14-21,25H2,1-5H3,(H,42,46)(H,47,48). The van der Waals surface area contributed by atoms with E-state index in [4.69, 9.17) is 14.6 Å². The van der Waals surface area contributed by atoms with E-state index in [0.29, 0.717) is 28.5 Å². The third kappa shape index (κ3) is 7.08. The van der Waals surface area contributed by atoms with Crippen LogP contribution < -0.4 is 24.6 Å². The molecule has 2 saturated heterocycles. The average molecular weight is 681 g/mol. The molecular weight excluding hydrogens is 632 g/mol. The zero-order valence-corrected chi connectivity index (χ0v) is 29.7. The van der Waals surface area contributed by atoms with Gasteiger partial charge in [0.05, 0.1) is 24.6 Å². The van der Waals surface area contributed by atoms with Crippen molar-refractivity contribution in [2.75, 3.05) is 62.7 Å². The lowest BCUT2D eigenvalue weighted by atomic mass is 9.49. The van der Waals surface area contributed by atoms with Gasteiger partial charge in [-0.1, -0.05) is 27.7 Å². The number of hydrogen-bond donors (Lipinski definition) is 2. The molecule has 2 aliphatic heterocycles. The van der Waals surface area contributed by atoms with Crippen LogP contribution >= 0.6 is 0 Å². The fourth-order valence-corrected chi connectivity index (χ4v) is 8.44. The van der Waals surface area contributed by atoms with Gasteiger partial charge in [-0.25, -0.2) is 9.78 Å². The van der Waals surface area contributed by atoms with E-state index in [1.807, 2.05) is 18.2 Å². The highest BCUT2D eigenvalue weighted by molar-refractivity contribution is 5.95. The van der Waals surface area contributed by atoms with Gasteiger partial charge in [-0.2, -0.15) is 5.26 Å². The van der Waals surface area contributed by atoms with Crippen LogP contribution in [-0.4, -0.2) is 91.9 Å². The SMILES string of the molecule is COc1cc(OC2C(C)(C)C(NC(=O)c3ccc(N4CCC(CN5CCN(c6ccc(C(=O)O)nc6)CC5)CC4)cc3)C2(C)C)ccc1C#N. The Hall–Kier alpha value is -4.82. The quantitative estimate of drug-likeness (QED) is 0.291. The number of methoxy groups -OCH3 is 1. The average Bonchev–Trinajstić information content (AvgIpc) is 3.13. The molecule has 0 bridgehead atoms. The van der Waals surface area contributed by atoms with Crippen LogP contribution in [0.2, 0.25) is 0 Å². The summed E-state index contributed by atoms with van der Waals surface area (Å²) in [5.74, 6) is 0.673. The molecule has 1 amide bonds. The first-order chi connectivity index (χ1) is 23.9. The number of pyridine rings is 1. The molecule has 3 aliphatic rings. The summed E-state index contributed by atoms with van der Waals surface area (Å²) in [4.78, 5) is 35.9. The molecule has 3 aromatic rings. The van der Waals surface area contributed by atoms with Crippen molar-refractivity contribution in [3.05, 3.63) is 77.6 Å². The van der Waals surface area contributed by atoms with E-state index in [9.17, 15) is 14.9 Å². The van der Waals surface area contributed by atoms with Crippen molar-refractivity contribution < 1.29 is 24.2 Å². The third-order valence-corrected chi connectivity index (χ3v) is 11.0. The first kappa shape index (κ1) is 35.0. The molecule has 1 aromatic heterocycles. The number of benzene rings is 2. The molecule has 11 heteroatoms. The summed E-state index contributed by atoms with van der Waals surface area (Å²) >= 11 is 0. The number of piperazine rings is 1. The van der Waals surface area contributed by atoms with Gasteiger partial charge in [-0.3, -0.25) is 9.69 Å². The Bertz CT molecular complexity index is 1700. The highest BCUT2D eigenvalue weighted by Crippen LogP contribution is 2.55. The first-order valence-electron chi connectivity index (χ1n) is 17.5. The van der Waals surface area contributed by atoms with Crippen molar-refractivity contribution in [2.45, 2.75) is 52.7 Å². The molecule has 0 unspecified atom stereocenters. The lowest BCUT2D eigenvalue weighted by Crippen LogP contribution is -2.74. The number of amides is 1. The Morgan fingerprint density at radius 2 is 1.56 bits per heavy atom. The van der Waals surface area contributed by atoms with E-state index in [-0.39, 0.29) is 34.6 Å². The maximum absolute atomic E-state index is 13.5. The molecule has 1 saturated carbocycles. The number of anilines is 2. The molecule has 11 nitrogen and oxygen atoms in total. The molecular formula is C39H48N6O5. The number of aromatic nitrogens is 1. The Morgan fingerprint density at radius 3 is 2.14 bits per heavy atom. The number of nitrogens with zero attached hydrogens (tertiary/aromatic N) is 5. The van der Waals surface area contributed by atoms with Crippen molar-refractivity contribution in [3.8, 4) is 17.6 Å². The smallest absolute Gasteiger partial charge is 0.354 e. The monoisotopic (exact) mass is 680 g/mol. The lowest BCUT2D eigenvalue weighted by molar-refractivity contribution is -0.164. The molecule has 264 valence electrons. The van der Waals surface area contributed by atoms with Gasteiger partial charge in [0, 0.05) is 80.0 Å². The van der Waals surface area contributed by atoms with Crippen LogP contribution in [0.15, 0.2) is 60.8 Å². The minimum atomic E-state index is -1.00. The fourth-order valence-electron chi connectivity index (χ4n) is 8.44. The van der Waals surface area contributed by atoms with E-state index in [1.54, 1.807) is 30.5 Å². The van der Waals surface area contributed by atoms with Gasteiger partial charge in [0.1, 0.15) is 29.4 Å². The molecule has 0 atom stereocenters. The number of nitriles is 1. The molecule has 2 N–H and O–H groups in total. The van der Waals surface area contributed by atoms with Gasteiger partial charge in [-0.15, -0.1) is 0 Å². The van der Waals surface area contributed by atoms with Crippen LogP contribution in [0.1, 0.15) is 66.9 Å². The number of nitrogens with one attached hydrogen (secondary N) is 1. The van der Waals surface area contributed by atoms with Crippen molar-refractivity contribution >= 4 is 23.3 Å². The summed E-state index contributed by atoms with van der Waals surface area (Å²) in [6.45, 7) is 15.3. The molecule has 0 radical (unpaired) electrons. The Kier molecular flexibility index (Phi) is 9.94. The summed E-state index contributed by atoms with van der Waals surface area (Å²) in [5, 5.41) is 21.7. The predicted molar refractivity (Wildman–Crippen MR) is 192 cm³/mol. The maximum Gasteiger partial charge on any atom is 0.354 e. The molecule has 50 heavy (non-hydrogen) atoms. The van der Waals surface area contributed by atoms with Crippen LogP contribution in [0.4, 0.5) is 11.4 Å². The van der Waals surface area contributed by atoms with Crippen molar-refractivity contribution in [1.29, 1.82) is 5.26 Å². The first-order valence-corrected chi connectivity index (χ1v) is 17.5. The third-order valence-electron chi connectivity index (χ3n) is 11.0. The summed E-state index contributed by atoms with van der Waals surface area (Å²) in [7, 11) is 1.54. The van der Waals surface area contributed by atoms with Crippen LogP contribution in [0.25, 0.3) is 0 Å².